The summed E-state index contributed by atoms with van der Waals surface area (Å²) in [4.78, 5) is 20.2. The number of fused-ring (bicyclic) bond motifs is 1. The molecule has 5 rings (SSSR count). The zero-order chi connectivity index (χ0) is 23.5. The Morgan fingerprint density at radius 1 is 1.09 bits per heavy atom. The Bertz CT molecular complexity index is 1350. The molecule has 1 saturated carbocycles. The first-order chi connectivity index (χ1) is 16.6. The van der Waals surface area contributed by atoms with Crippen LogP contribution in [0.5, 0.6) is 5.75 Å². The number of nitrogens with one attached hydrogen (secondary N) is 1. The molecule has 1 aliphatic carbocycles. The maximum Gasteiger partial charge on any atom is 0.339 e. The van der Waals surface area contributed by atoms with Crippen LogP contribution in [0.1, 0.15) is 35.2 Å². The van der Waals surface area contributed by atoms with E-state index >= 15 is 0 Å². The summed E-state index contributed by atoms with van der Waals surface area (Å²) in [5, 5.41) is 14.7. The van der Waals surface area contributed by atoms with Crippen molar-refractivity contribution in [3.63, 3.8) is 0 Å². The number of aromatic carboxylic acids is 1. The average Bonchev–Trinajstić information content (AvgIpc) is 2.83. The average molecular weight is 458 g/mol. The van der Waals surface area contributed by atoms with Crippen LogP contribution >= 0.6 is 0 Å². The molecular formula is C27H24FN3O3. The van der Waals surface area contributed by atoms with Gasteiger partial charge >= 0.3 is 5.97 Å². The van der Waals surface area contributed by atoms with Crippen molar-refractivity contribution < 1.29 is 19.0 Å². The van der Waals surface area contributed by atoms with Crippen molar-refractivity contribution in [2.75, 3.05) is 11.9 Å². The molecule has 4 aromatic rings. The van der Waals surface area contributed by atoms with Gasteiger partial charge in [-0.15, -0.1) is 0 Å². The van der Waals surface area contributed by atoms with Gasteiger partial charge in [-0.3, -0.25) is 0 Å². The zero-order valence-corrected chi connectivity index (χ0v) is 18.5. The van der Waals surface area contributed by atoms with Crippen LogP contribution in [0.2, 0.25) is 0 Å². The minimum Gasteiger partial charge on any atom is -0.490 e. The lowest BCUT2D eigenvalue weighted by Gasteiger charge is -2.27. The van der Waals surface area contributed by atoms with E-state index in [4.69, 9.17) is 4.74 Å². The molecule has 1 aliphatic rings. The second-order valence-corrected chi connectivity index (χ2v) is 8.40. The lowest BCUT2D eigenvalue weighted by molar-refractivity contribution is 0.0680. The SMILES string of the molecule is O=C(O)c1ccc(-c2cc(NCCc3c(F)ccc4ccccc34)ncn2)cc1OC1CCC1. The number of carbonyl (C=O) groups is 1. The predicted molar refractivity (Wildman–Crippen MR) is 129 cm³/mol. The Balaban J connectivity index is 1.33. The fourth-order valence-corrected chi connectivity index (χ4v) is 4.11. The minimum absolute atomic E-state index is 0.0606. The van der Waals surface area contributed by atoms with E-state index < -0.39 is 5.97 Å². The largest absolute Gasteiger partial charge is 0.490 e. The van der Waals surface area contributed by atoms with Crippen molar-refractivity contribution in [2.45, 2.75) is 31.8 Å². The van der Waals surface area contributed by atoms with E-state index in [0.717, 1.165) is 35.6 Å². The number of nitrogens with zero attached hydrogens (tertiary/aromatic N) is 2. The summed E-state index contributed by atoms with van der Waals surface area (Å²) in [6.07, 6.45) is 4.97. The molecule has 0 radical (unpaired) electrons. The minimum atomic E-state index is -1.02. The highest BCUT2D eigenvalue weighted by molar-refractivity contribution is 5.92. The molecule has 0 saturated heterocycles. The zero-order valence-electron chi connectivity index (χ0n) is 18.5. The van der Waals surface area contributed by atoms with Crippen molar-refractivity contribution in [1.29, 1.82) is 0 Å². The summed E-state index contributed by atoms with van der Waals surface area (Å²) < 4.78 is 20.4. The Hall–Kier alpha value is -4.00. The van der Waals surface area contributed by atoms with Gasteiger partial charge in [0.2, 0.25) is 0 Å². The predicted octanol–water partition coefficient (Wildman–Crippen LogP) is 5.72. The van der Waals surface area contributed by atoms with Gasteiger partial charge in [-0.05, 0) is 60.2 Å². The summed E-state index contributed by atoms with van der Waals surface area (Å²) in [6, 6.07) is 17.8. The Morgan fingerprint density at radius 3 is 2.74 bits per heavy atom. The molecular weight excluding hydrogens is 433 g/mol. The van der Waals surface area contributed by atoms with Crippen LogP contribution in [-0.2, 0) is 6.42 Å². The number of benzene rings is 3. The summed E-state index contributed by atoms with van der Waals surface area (Å²) in [5.74, 6) is -0.281. The van der Waals surface area contributed by atoms with Gasteiger partial charge in [0, 0.05) is 18.2 Å². The van der Waals surface area contributed by atoms with Gasteiger partial charge in [-0.1, -0.05) is 36.4 Å². The summed E-state index contributed by atoms with van der Waals surface area (Å²) in [5.41, 5.74) is 2.19. The second-order valence-electron chi connectivity index (χ2n) is 8.40. The molecule has 7 heteroatoms. The van der Waals surface area contributed by atoms with Crippen molar-refractivity contribution >= 4 is 22.6 Å². The number of rotatable bonds is 8. The lowest BCUT2D eigenvalue weighted by Crippen LogP contribution is -2.25. The molecule has 3 aromatic carbocycles. The van der Waals surface area contributed by atoms with E-state index in [9.17, 15) is 14.3 Å². The van der Waals surface area contributed by atoms with Crippen LogP contribution in [0, 0.1) is 5.82 Å². The highest BCUT2D eigenvalue weighted by Crippen LogP contribution is 2.32. The van der Waals surface area contributed by atoms with Gasteiger partial charge in [0.1, 0.15) is 29.3 Å². The molecule has 0 bridgehead atoms. The first kappa shape index (κ1) is 21.8. The third-order valence-corrected chi connectivity index (χ3v) is 6.19. The molecule has 0 spiro atoms. The smallest absolute Gasteiger partial charge is 0.339 e. The quantitative estimate of drug-likeness (QED) is 0.352. The maximum atomic E-state index is 14.5. The Kier molecular flexibility index (Phi) is 6.08. The maximum absolute atomic E-state index is 14.5. The number of anilines is 1. The van der Waals surface area contributed by atoms with Crippen LogP contribution in [0.25, 0.3) is 22.0 Å². The van der Waals surface area contributed by atoms with Crippen LogP contribution in [0.3, 0.4) is 0 Å². The molecule has 1 heterocycles. The van der Waals surface area contributed by atoms with E-state index in [2.05, 4.69) is 15.3 Å². The topological polar surface area (TPSA) is 84.3 Å². The van der Waals surface area contributed by atoms with E-state index in [0.29, 0.717) is 35.8 Å². The standard InChI is InChI=1S/C27H24FN3O3/c28-23-11-9-17-4-1-2-7-20(17)21(23)12-13-29-26-15-24(30-16-31-26)18-8-10-22(27(32)33)25(14-18)34-19-5-3-6-19/h1-2,4,7-11,14-16,19H,3,5-6,12-13H2,(H,32,33)(H,29,30,31). The molecule has 0 unspecified atom stereocenters. The van der Waals surface area contributed by atoms with Gasteiger partial charge < -0.3 is 15.2 Å². The van der Waals surface area contributed by atoms with E-state index in [1.807, 2.05) is 24.3 Å². The van der Waals surface area contributed by atoms with Crippen molar-refractivity contribution in [3.8, 4) is 17.0 Å². The van der Waals surface area contributed by atoms with Crippen LogP contribution in [0.4, 0.5) is 10.2 Å². The second kappa shape index (κ2) is 9.47. The first-order valence-electron chi connectivity index (χ1n) is 11.3. The third kappa shape index (κ3) is 4.55. The molecule has 1 aromatic heterocycles. The number of hydrogen-bond acceptors (Lipinski definition) is 5. The molecule has 1 fully saturated rings. The van der Waals surface area contributed by atoms with Gasteiger partial charge in [-0.25, -0.2) is 19.2 Å². The van der Waals surface area contributed by atoms with Gasteiger partial charge in [0.15, 0.2) is 0 Å². The highest BCUT2D eigenvalue weighted by Gasteiger charge is 2.22. The van der Waals surface area contributed by atoms with Crippen LogP contribution in [-0.4, -0.2) is 33.7 Å². The summed E-state index contributed by atoms with van der Waals surface area (Å²) >= 11 is 0. The van der Waals surface area contributed by atoms with Crippen molar-refractivity contribution in [1.82, 2.24) is 9.97 Å². The molecule has 6 nitrogen and oxygen atoms in total. The van der Waals surface area contributed by atoms with Gasteiger partial charge in [0.25, 0.3) is 0 Å². The van der Waals surface area contributed by atoms with Crippen molar-refractivity contribution in [3.05, 3.63) is 83.9 Å². The molecule has 34 heavy (non-hydrogen) atoms. The fourth-order valence-electron chi connectivity index (χ4n) is 4.11. The Morgan fingerprint density at radius 2 is 1.94 bits per heavy atom. The molecule has 172 valence electrons. The molecule has 0 aliphatic heterocycles. The van der Waals surface area contributed by atoms with Crippen LogP contribution in [0.15, 0.2) is 67.0 Å². The Labute approximate surface area is 196 Å². The van der Waals surface area contributed by atoms with E-state index in [1.54, 1.807) is 30.3 Å². The monoisotopic (exact) mass is 457 g/mol. The normalized spacial score (nSPS) is 13.4. The number of hydrogen-bond donors (Lipinski definition) is 2. The van der Waals surface area contributed by atoms with Gasteiger partial charge in [-0.2, -0.15) is 0 Å². The summed E-state index contributed by atoms with van der Waals surface area (Å²) in [7, 11) is 0. The lowest BCUT2D eigenvalue weighted by atomic mass is 9.96. The molecule has 0 amide bonds. The van der Waals surface area contributed by atoms with E-state index in [-0.39, 0.29) is 17.5 Å². The number of carboxylic acid groups (broad SMARTS) is 1. The summed E-state index contributed by atoms with van der Waals surface area (Å²) in [6.45, 7) is 0.495. The third-order valence-electron chi connectivity index (χ3n) is 6.19. The van der Waals surface area contributed by atoms with Crippen LogP contribution < -0.4 is 10.1 Å². The number of halogens is 1. The molecule has 0 atom stereocenters. The van der Waals surface area contributed by atoms with Crippen molar-refractivity contribution in [2.24, 2.45) is 0 Å². The van der Waals surface area contributed by atoms with E-state index in [1.165, 1.54) is 12.4 Å². The number of carboxylic acids is 1. The number of ether oxygens (including phenoxy) is 1. The fraction of sp³-hybridized carbons (Fsp3) is 0.222. The first-order valence-corrected chi connectivity index (χ1v) is 11.3. The highest BCUT2D eigenvalue weighted by atomic mass is 19.1. The number of aromatic nitrogens is 2. The molecule has 2 N–H and O–H groups in total. The van der Waals surface area contributed by atoms with Gasteiger partial charge in [0.05, 0.1) is 11.8 Å².